The molecular weight excluding hydrogens is 304 g/mol. The highest BCUT2D eigenvalue weighted by Gasteiger charge is 2.31. The summed E-state index contributed by atoms with van der Waals surface area (Å²) in [4.78, 5) is 14.0. The van der Waals surface area contributed by atoms with E-state index < -0.39 is 0 Å². The number of carbonyl (C=O) groups is 1. The summed E-state index contributed by atoms with van der Waals surface area (Å²) >= 11 is 11.4. The van der Waals surface area contributed by atoms with Crippen LogP contribution in [0.3, 0.4) is 0 Å². The van der Waals surface area contributed by atoms with Crippen molar-refractivity contribution in [3.05, 3.63) is 70.9 Å². The van der Waals surface area contributed by atoms with Crippen molar-refractivity contribution < 1.29 is 4.79 Å². The number of anilines is 1. The SMILES string of the molecule is O=C1C(=Cc2ccccc2Cl)NC(=S)N1c1ccccc1. The van der Waals surface area contributed by atoms with Crippen molar-refractivity contribution in [1.29, 1.82) is 0 Å². The molecule has 0 spiro atoms. The standard InChI is InChI=1S/C16H11ClN2OS/c17-13-9-5-4-6-11(13)10-14-15(20)19(16(21)18-14)12-7-2-1-3-8-12/h1-10H,(H,18,21). The molecular formula is C16H11ClN2OS. The Hall–Kier alpha value is -2.17. The van der Waals surface area contributed by atoms with Crippen molar-refractivity contribution in [3.63, 3.8) is 0 Å². The van der Waals surface area contributed by atoms with Gasteiger partial charge in [0.15, 0.2) is 5.11 Å². The molecule has 1 heterocycles. The smallest absolute Gasteiger partial charge is 0.281 e. The van der Waals surface area contributed by atoms with E-state index in [-0.39, 0.29) is 5.91 Å². The van der Waals surface area contributed by atoms with E-state index in [2.05, 4.69) is 5.32 Å². The second-order valence-corrected chi connectivity index (χ2v) is 5.28. The number of nitrogens with one attached hydrogen (secondary N) is 1. The quantitative estimate of drug-likeness (QED) is 0.679. The number of rotatable bonds is 2. The molecule has 3 rings (SSSR count). The van der Waals surface area contributed by atoms with Crippen molar-refractivity contribution in [3.8, 4) is 0 Å². The van der Waals surface area contributed by atoms with Gasteiger partial charge in [-0.2, -0.15) is 0 Å². The molecule has 1 fully saturated rings. The fourth-order valence-electron chi connectivity index (χ4n) is 2.09. The molecule has 104 valence electrons. The van der Waals surface area contributed by atoms with Crippen LogP contribution in [0.15, 0.2) is 60.3 Å². The van der Waals surface area contributed by atoms with E-state index in [1.54, 1.807) is 12.1 Å². The van der Waals surface area contributed by atoms with E-state index in [4.69, 9.17) is 23.8 Å². The number of halogens is 1. The zero-order valence-corrected chi connectivity index (χ0v) is 12.5. The van der Waals surface area contributed by atoms with Crippen LogP contribution in [0.4, 0.5) is 5.69 Å². The predicted molar refractivity (Wildman–Crippen MR) is 89.1 cm³/mol. The van der Waals surface area contributed by atoms with Crippen molar-refractivity contribution >= 4 is 46.6 Å². The number of hydrogen-bond donors (Lipinski definition) is 1. The summed E-state index contributed by atoms with van der Waals surface area (Å²) in [7, 11) is 0. The monoisotopic (exact) mass is 314 g/mol. The largest absolute Gasteiger partial charge is 0.327 e. The lowest BCUT2D eigenvalue weighted by Crippen LogP contribution is -2.30. The minimum Gasteiger partial charge on any atom is -0.327 e. The van der Waals surface area contributed by atoms with Gasteiger partial charge in [0.05, 0.1) is 5.69 Å². The van der Waals surface area contributed by atoms with Gasteiger partial charge in [0.25, 0.3) is 5.91 Å². The van der Waals surface area contributed by atoms with Gasteiger partial charge in [0.1, 0.15) is 5.70 Å². The number of hydrogen-bond acceptors (Lipinski definition) is 2. The lowest BCUT2D eigenvalue weighted by Gasteiger charge is -2.13. The Morgan fingerprint density at radius 2 is 1.71 bits per heavy atom. The molecule has 1 saturated heterocycles. The van der Waals surface area contributed by atoms with Crippen LogP contribution in [0, 0.1) is 0 Å². The fourth-order valence-corrected chi connectivity index (χ4v) is 2.58. The molecule has 0 atom stereocenters. The summed E-state index contributed by atoms with van der Waals surface area (Å²) in [5.74, 6) is -0.189. The maximum absolute atomic E-state index is 12.5. The van der Waals surface area contributed by atoms with E-state index in [1.165, 1.54) is 4.90 Å². The van der Waals surface area contributed by atoms with E-state index >= 15 is 0 Å². The number of amides is 1. The lowest BCUT2D eigenvalue weighted by atomic mass is 10.2. The molecule has 2 aromatic rings. The molecule has 21 heavy (non-hydrogen) atoms. The second-order valence-electron chi connectivity index (χ2n) is 4.49. The molecule has 1 aliphatic rings. The summed E-state index contributed by atoms with van der Waals surface area (Å²) in [5.41, 5.74) is 1.92. The summed E-state index contributed by atoms with van der Waals surface area (Å²) < 4.78 is 0. The van der Waals surface area contributed by atoms with Gasteiger partial charge in [-0.05, 0) is 42.1 Å². The van der Waals surface area contributed by atoms with E-state index in [1.807, 2.05) is 48.5 Å². The third-order valence-corrected chi connectivity index (χ3v) is 3.73. The molecule has 1 aliphatic heterocycles. The van der Waals surface area contributed by atoms with Crippen molar-refractivity contribution in [2.24, 2.45) is 0 Å². The van der Waals surface area contributed by atoms with Crippen LogP contribution in [0.5, 0.6) is 0 Å². The maximum atomic E-state index is 12.5. The summed E-state index contributed by atoms with van der Waals surface area (Å²) in [6.07, 6.45) is 1.71. The summed E-state index contributed by atoms with van der Waals surface area (Å²) in [6, 6.07) is 16.6. The average molecular weight is 315 g/mol. The highest BCUT2D eigenvalue weighted by atomic mass is 35.5. The predicted octanol–water partition coefficient (Wildman–Crippen LogP) is 3.60. The van der Waals surface area contributed by atoms with Crippen molar-refractivity contribution in [2.45, 2.75) is 0 Å². The molecule has 0 saturated carbocycles. The number of nitrogens with zero attached hydrogens (tertiary/aromatic N) is 1. The first kappa shape index (κ1) is 13.8. The van der Waals surface area contributed by atoms with Gasteiger partial charge < -0.3 is 5.32 Å². The molecule has 1 amide bonds. The third-order valence-electron chi connectivity index (χ3n) is 3.10. The normalized spacial score (nSPS) is 16.4. The maximum Gasteiger partial charge on any atom is 0.281 e. The first-order valence-corrected chi connectivity index (χ1v) is 7.12. The Balaban J connectivity index is 1.96. The fraction of sp³-hybridized carbons (Fsp3) is 0. The van der Waals surface area contributed by atoms with Crippen LogP contribution in [-0.2, 0) is 4.79 Å². The Morgan fingerprint density at radius 3 is 2.43 bits per heavy atom. The Kier molecular flexibility index (Phi) is 3.73. The van der Waals surface area contributed by atoms with Gasteiger partial charge in [-0.15, -0.1) is 0 Å². The molecule has 0 radical (unpaired) electrons. The zero-order chi connectivity index (χ0) is 14.8. The second kappa shape index (κ2) is 5.68. The van der Waals surface area contributed by atoms with Crippen molar-refractivity contribution in [1.82, 2.24) is 5.32 Å². The number of thiocarbonyl (C=S) groups is 1. The topological polar surface area (TPSA) is 32.3 Å². The van der Waals surface area contributed by atoms with E-state index in [0.717, 1.165) is 11.3 Å². The molecule has 0 unspecified atom stereocenters. The highest BCUT2D eigenvalue weighted by molar-refractivity contribution is 7.80. The van der Waals surface area contributed by atoms with Crippen LogP contribution in [0.2, 0.25) is 5.02 Å². The van der Waals surface area contributed by atoms with Gasteiger partial charge in [-0.3, -0.25) is 9.69 Å². The van der Waals surface area contributed by atoms with Gasteiger partial charge in [0, 0.05) is 5.02 Å². The lowest BCUT2D eigenvalue weighted by molar-refractivity contribution is -0.113. The third kappa shape index (κ3) is 2.68. The van der Waals surface area contributed by atoms with Crippen LogP contribution in [0.1, 0.15) is 5.56 Å². The minimum absolute atomic E-state index is 0.189. The molecule has 2 aromatic carbocycles. The van der Waals surface area contributed by atoms with Gasteiger partial charge in [-0.1, -0.05) is 48.0 Å². The Bertz CT molecular complexity index is 743. The highest BCUT2D eigenvalue weighted by Crippen LogP contribution is 2.24. The van der Waals surface area contributed by atoms with Crippen LogP contribution in [-0.4, -0.2) is 11.0 Å². The van der Waals surface area contributed by atoms with Gasteiger partial charge in [0.2, 0.25) is 0 Å². The molecule has 1 N–H and O–H groups in total. The Labute approximate surface area is 132 Å². The molecule has 0 bridgehead atoms. The average Bonchev–Trinajstić information content (AvgIpc) is 2.77. The molecule has 5 heteroatoms. The number of carbonyl (C=O) groups excluding carboxylic acids is 1. The minimum atomic E-state index is -0.189. The summed E-state index contributed by atoms with van der Waals surface area (Å²) in [6.45, 7) is 0. The number of benzene rings is 2. The Morgan fingerprint density at radius 1 is 1.05 bits per heavy atom. The molecule has 3 nitrogen and oxygen atoms in total. The van der Waals surface area contributed by atoms with Crippen LogP contribution in [0.25, 0.3) is 6.08 Å². The van der Waals surface area contributed by atoms with Gasteiger partial charge >= 0.3 is 0 Å². The molecule has 0 aliphatic carbocycles. The van der Waals surface area contributed by atoms with E-state index in [9.17, 15) is 4.79 Å². The summed E-state index contributed by atoms with van der Waals surface area (Å²) in [5, 5.41) is 3.89. The first-order valence-electron chi connectivity index (χ1n) is 6.33. The molecule has 0 aromatic heterocycles. The van der Waals surface area contributed by atoms with Crippen LogP contribution >= 0.6 is 23.8 Å². The van der Waals surface area contributed by atoms with Crippen LogP contribution < -0.4 is 10.2 Å². The van der Waals surface area contributed by atoms with Gasteiger partial charge in [-0.25, -0.2) is 0 Å². The van der Waals surface area contributed by atoms with E-state index in [0.29, 0.717) is 15.8 Å². The van der Waals surface area contributed by atoms with Crippen molar-refractivity contribution in [2.75, 3.05) is 4.90 Å². The zero-order valence-electron chi connectivity index (χ0n) is 10.9. The first-order chi connectivity index (χ1) is 10.2. The number of para-hydroxylation sites is 1.